The number of carboxylic acid groups (broad SMARTS) is 1. The molecule has 1 aromatic rings. The van der Waals surface area contributed by atoms with Crippen molar-refractivity contribution < 1.29 is 19.4 Å². The second kappa shape index (κ2) is 7.74. The van der Waals surface area contributed by atoms with Gasteiger partial charge in [-0.25, -0.2) is 0 Å². The number of aliphatic carboxylic acids is 1. The Morgan fingerprint density at radius 3 is 2.82 bits per heavy atom. The number of aryl methyl sites for hydroxylation is 2. The van der Waals surface area contributed by atoms with Crippen LogP contribution in [0.4, 0.5) is 0 Å². The van der Waals surface area contributed by atoms with E-state index in [0.29, 0.717) is 11.4 Å². The largest absolute Gasteiger partial charge is 0.481 e. The zero-order valence-corrected chi connectivity index (χ0v) is 13.9. The lowest BCUT2D eigenvalue weighted by atomic mass is 10.2. The summed E-state index contributed by atoms with van der Waals surface area (Å²) >= 11 is 1.49. The molecule has 1 aliphatic heterocycles. The van der Waals surface area contributed by atoms with Gasteiger partial charge in [0, 0.05) is 24.6 Å². The quantitative estimate of drug-likeness (QED) is 0.837. The standard InChI is InChI=1S/C16H23NO4S/c1-3-12-9-14(22-11(12)2)16(20)17(7-6-15(18)19)10-13-5-4-8-21-13/h9,13H,3-8,10H2,1-2H3,(H,18,19)/t13-/m0/s1. The molecule has 0 aliphatic carbocycles. The van der Waals surface area contributed by atoms with Crippen LogP contribution < -0.4 is 0 Å². The summed E-state index contributed by atoms with van der Waals surface area (Å²) in [5.74, 6) is -0.966. The molecule has 1 saturated heterocycles. The molecule has 122 valence electrons. The van der Waals surface area contributed by atoms with Crippen molar-refractivity contribution in [3.05, 3.63) is 21.4 Å². The monoisotopic (exact) mass is 325 g/mol. The number of hydrogen-bond acceptors (Lipinski definition) is 4. The Labute approximate surface area is 134 Å². The van der Waals surface area contributed by atoms with Gasteiger partial charge in [0.2, 0.25) is 0 Å². The number of amides is 1. The van der Waals surface area contributed by atoms with E-state index in [9.17, 15) is 9.59 Å². The highest BCUT2D eigenvalue weighted by Crippen LogP contribution is 2.24. The van der Waals surface area contributed by atoms with Crippen molar-refractivity contribution in [1.29, 1.82) is 0 Å². The molecule has 2 heterocycles. The molecule has 22 heavy (non-hydrogen) atoms. The molecule has 0 unspecified atom stereocenters. The van der Waals surface area contributed by atoms with Crippen molar-refractivity contribution in [2.24, 2.45) is 0 Å². The Kier molecular flexibility index (Phi) is 5.97. The van der Waals surface area contributed by atoms with Gasteiger partial charge in [-0.05, 0) is 37.8 Å². The fourth-order valence-corrected chi connectivity index (χ4v) is 3.75. The SMILES string of the molecule is CCc1cc(C(=O)N(CCC(=O)O)C[C@@H]2CCCO2)sc1C. The number of nitrogens with zero attached hydrogens (tertiary/aromatic N) is 1. The molecule has 1 atom stereocenters. The Morgan fingerprint density at radius 1 is 1.50 bits per heavy atom. The Balaban J connectivity index is 2.10. The first-order chi connectivity index (χ1) is 10.5. The van der Waals surface area contributed by atoms with Gasteiger partial charge in [0.25, 0.3) is 5.91 Å². The zero-order chi connectivity index (χ0) is 16.1. The van der Waals surface area contributed by atoms with Crippen molar-refractivity contribution in [2.75, 3.05) is 19.7 Å². The van der Waals surface area contributed by atoms with E-state index in [1.165, 1.54) is 16.9 Å². The van der Waals surface area contributed by atoms with Gasteiger partial charge >= 0.3 is 5.97 Å². The lowest BCUT2D eigenvalue weighted by molar-refractivity contribution is -0.137. The van der Waals surface area contributed by atoms with Crippen LogP contribution in [-0.4, -0.2) is 47.7 Å². The Morgan fingerprint density at radius 2 is 2.27 bits per heavy atom. The summed E-state index contributed by atoms with van der Waals surface area (Å²) in [4.78, 5) is 27.0. The van der Waals surface area contributed by atoms with Crippen LogP contribution in [0.5, 0.6) is 0 Å². The van der Waals surface area contributed by atoms with Crippen LogP contribution >= 0.6 is 11.3 Å². The first-order valence-corrected chi connectivity index (χ1v) is 8.55. The highest BCUT2D eigenvalue weighted by atomic mass is 32.1. The minimum atomic E-state index is -0.887. The minimum Gasteiger partial charge on any atom is -0.481 e. The molecule has 6 heteroatoms. The fourth-order valence-electron chi connectivity index (χ4n) is 2.67. The Hall–Kier alpha value is -1.40. The van der Waals surface area contributed by atoms with Crippen LogP contribution in [0.1, 0.15) is 46.3 Å². The van der Waals surface area contributed by atoms with E-state index in [1.54, 1.807) is 4.90 Å². The molecule has 0 saturated carbocycles. The second-order valence-electron chi connectivity index (χ2n) is 5.58. The molecule has 1 N–H and O–H groups in total. The van der Waals surface area contributed by atoms with Gasteiger partial charge in [0.05, 0.1) is 17.4 Å². The van der Waals surface area contributed by atoms with E-state index in [-0.39, 0.29) is 25.0 Å². The summed E-state index contributed by atoms with van der Waals surface area (Å²) in [6.07, 6.45) is 2.83. The van der Waals surface area contributed by atoms with Gasteiger partial charge in [-0.15, -0.1) is 11.3 Å². The third-order valence-corrected chi connectivity index (χ3v) is 5.02. The van der Waals surface area contributed by atoms with Crippen LogP contribution in [0.2, 0.25) is 0 Å². The van der Waals surface area contributed by atoms with E-state index in [0.717, 1.165) is 30.7 Å². The second-order valence-corrected chi connectivity index (χ2v) is 6.83. The predicted molar refractivity (Wildman–Crippen MR) is 85.6 cm³/mol. The summed E-state index contributed by atoms with van der Waals surface area (Å²) in [6, 6.07) is 1.94. The molecule has 1 fully saturated rings. The van der Waals surface area contributed by atoms with Crippen LogP contribution in [0, 0.1) is 6.92 Å². The first-order valence-electron chi connectivity index (χ1n) is 7.73. The number of carbonyl (C=O) groups excluding carboxylic acids is 1. The lowest BCUT2D eigenvalue weighted by Crippen LogP contribution is -2.38. The molecule has 2 rings (SSSR count). The van der Waals surface area contributed by atoms with E-state index < -0.39 is 5.97 Å². The molecular formula is C16H23NO4S. The molecule has 0 radical (unpaired) electrons. The fraction of sp³-hybridized carbons (Fsp3) is 0.625. The highest BCUT2D eigenvalue weighted by molar-refractivity contribution is 7.14. The van der Waals surface area contributed by atoms with Gasteiger partial charge in [-0.3, -0.25) is 9.59 Å². The van der Waals surface area contributed by atoms with Crippen molar-refractivity contribution in [3.8, 4) is 0 Å². The number of hydrogen-bond donors (Lipinski definition) is 1. The van der Waals surface area contributed by atoms with Crippen LogP contribution in [0.25, 0.3) is 0 Å². The number of thiophene rings is 1. The minimum absolute atomic E-state index is 0.0319. The van der Waals surface area contributed by atoms with E-state index in [2.05, 4.69) is 6.92 Å². The highest BCUT2D eigenvalue weighted by Gasteiger charge is 2.25. The third-order valence-electron chi connectivity index (χ3n) is 3.94. The van der Waals surface area contributed by atoms with Gasteiger partial charge in [0.15, 0.2) is 0 Å². The zero-order valence-electron chi connectivity index (χ0n) is 13.1. The summed E-state index contributed by atoms with van der Waals surface area (Å²) in [5, 5.41) is 8.90. The maximum absolute atomic E-state index is 12.7. The number of carbonyl (C=O) groups is 2. The van der Waals surface area contributed by atoms with Gasteiger partial charge < -0.3 is 14.7 Å². The number of rotatable bonds is 7. The van der Waals surface area contributed by atoms with Crippen molar-refractivity contribution >= 4 is 23.2 Å². The summed E-state index contributed by atoms with van der Waals surface area (Å²) in [7, 11) is 0. The average molecular weight is 325 g/mol. The summed E-state index contributed by atoms with van der Waals surface area (Å²) in [5.41, 5.74) is 1.18. The molecular weight excluding hydrogens is 302 g/mol. The van der Waals surface area contributed by atoms with Crippen molar-refractivity contribution in [2.45, 2.75) is 45.6 Å². The van der Waals surface area contributed by atoms with Gasteiger partial charge in [0.1, 0.15) is 0 Å². The van der Waals surface area contributed by atoms with Crippen LogP contribution in [0.15, 0.2) is 6.07 Å². The smallest absolute Gasteiger partial charge is 0.305 e. The molecule has 0 bridgehead atoms. The normalized spacial score (nSPS) is 17.6. The third kappa shape index (κ3) is 4.30. The molecule has 1 amide bonds. The lowest BCUT2D eigenvalue weighted by Gasteiger charge is -2.24. The molecule has 0 spiro atoms. The maximum atomic E-state index is 12.7. The van der Waals surface area contributed by atoms with Crippen LogP contribution in [0.3, 0.4) is 0 Å². The number of carboxylic acids is 1. The number of ether oxygens (including phenoxy) is 1. The molecule has 0 aromatic carbocycles. The summed E-state index contributed by atoms with van der Waals surface area (Å²) < 4.78 is 5.59. The predicted octanol–water partition coefficient (Wildman–Crippen LogP) is 2.71. The van der Waals surface area contributed by atoms with Crippen molar-refractivity contribution in [1.82, 2.24) is 4.90 Å². The van der Waals surface area contributed by atoms with E-state index >= 15 is 0 Å². The first kappa shape index (κ1) is 17.0. The molecule has 1 aromatic heterocycles. The van der Waals surface area contributed by atoms with E-state index in [4.69, 9.17) is 9.84 Å². The Bertz CT molecular complexity index is 534. The topological polar surface area (TPSA) is 66.8 Å². The van der Waals surface area contributed by atoms with Gasteiger partial charge in [-0.2, -0.15) is 0 Å². The van der Waals surface area contributed by atoms with Crippen LogP contribution in [-0.2, 0) is 16.0 Å². The van der Waals surface area contributed by atoms with E-state index in [1.807, 2.05) is 13.0 Å². The van der Waals surface area contributed by atoms with Crippen molar-refractivity contribution in [3.63, 3.8) is 0 Å². The maximum Gasteiger partial charge on any atom is 0.305 e. The summed E-state index contributed by atoms with van der Waals surface area (Å²) in [6.45, 7) is 5.51. The molecule has 1 aliphatic rings. The van der Waals surface area contributed by atoms with Gasteiger partial charge in [-0.1, -0.05) is 6.92 Å². The average Bonchev–Trinajstić information content (AvgIpc) is 3.11. The molecule has 5 nitrogen and oxygen atoms in total.